The van der Waals surface area contributed by atoms with E-state index in [-0.39, 0.29) is 5.82 Å². The van der Waals surface area contributed by atoms with Crippen LogP contribution in [-0.4, -0.2) is 9.97 Å². The van der Waals surface area contributed by atoms with Crippen molar-refractivity contribution in [3.05, 3.63) is 95.2 Å². The predicted molar refractivity (Wildman–Crippen MR) is 161 cm³/mol. The number of hydrogen-bond donors (Lipinski definition) is 2. The molecule has 194 valence electrons. The zero-order valence-electron chi connectivity index (χ0n) is 23.3. The largest absolute Gasteiger partial charge is 0.358 e. The van der Waals surface area contributed by atoms with Crippen molar-refractivity contribution in [2.45, 2.75) is 54.4 Å². The van der Waals surface area contributed by atoms with Gasteiger partial charge in [-0.3, -0.25) is 0 Å². The number of halogens is 1. The molecule has 4 heteroatoms. The van der Waals surface area contributed by atoms with Crippen LogP contribution < -0.4 is 5.32 Å². The monoisotopic (exact) mass is 505 g/mol. The number of H-pyrrole nitrogens is 1. The molecule has 0 saturated heterocycles. The first kappa shape index (κ1) is 25.7. The smallest absolute Gasteiger partial charge is 0.133 e. The quantitative estimate of drug-likeness (QED) is 0.226. The highest BCUT2D eigenvalue weighted by Gasteiger charge is 2.16. The van der Waals surface area contributed by atoms with Crippen LogP contribution in [-0.2, 0) is 0 Å². The first-order chi connectivity index (χ1) is 18.2. The molecule has 0 radical (unpaired) electrons. The maximum absolute atomic E-state index is 15.6. The Hall–Kier alpha value is -3.92. The number of benzene rings is 4. The van der Waals surface area contributed by atoms with Crippen LogP contribution in [0, 0.1) is 11.7 Å². The van der Waals surface area contributed by atoms with Crippen LogP contribution in [0.4, 0.5) is 4.39 Å². The minimum absolute atomic E-state index is 0.240. The highest BCUT2D eigenvalue weighted by Crippen LogP contribution is 2.37. The SMILES string of the molecule is C/C=C(\NC(=C(C)C)C(C)C)c1ccc(-c2ccc3c(c2)c2ccccc2c2nc(C(C)C)[nH]c32)cc1F. The minimum Gasteiger partial charge on any atom is -0.358 e. The van der Waals surface area contributed by atoms with E-state index >= 15 is 4.39 Å². The predicted octanol–water partition coefficient (Wildman–Crippen LogP) is 9.70. The third-order valence-corrected chi connectivity index (χ3v) is 7.30. The summed E-state index contributed by atoms with van der Waals surface area (Å²) in [6, 6.07) is 20.3. The highest BCUT2D eigenvalue weighted by molar-refractivity contribution is 6.23. The summed E-state index contributed by atoms with van der Waals surface area (Å²) < 4.78 is 15.6. The standard InChI is InChI=1S/C34H36FN3/c1-8-30(36-31(19(2)3)20(4)5)27-16-14-23(18-29(27)35)22-13-15-26-28(17-22)24-11-9-10-12-25(24)32-33(26)38-34(37-32)21(6)7/h8-19,21,36H,1-7H3,(H,37,38)/b30-8-. The highest BCUT2D eigenvalue weighted by atomic mass is 19.1. The number of aromatic nitrogens is 2. The Morgan fingerprint density at radius 1 is 0.868 bits per heavy atom. The molecule has 2 N–H and O–H groups in total. The molecule has 0 amide bonds. The molecule has 0 spiro atoms. The molecular formula is C34H36FN3. The fraction of sp³-hybridized carbons (Fsp3) is 0.265. The van der Waals surface area contributed by atoms with E-state index in [1.165, 1.54) is 5.57 Å². The van der Waals surface area contributed by atoms with Crippen molar-refractivity contribution < 1.29 is 4.39 Å². The second-order valence-corrected chi connectivity index (χ2v) is 10.9. The van der Waals surface area contributed by atoms with E-state index in [0.29, 0.717) is 17.4 Å². The van der Waals surface area contributed by atoms with E-state index in [0.717, 1.165) is 60.9 Å². The van der Waals surface area contributed by atoms with Crippen molar-refractivity contribution in [2.75, 3.05) is 0 Å². The van der Waals surface area contributed by atoms with Gasteiger partial charge in [0, 0.05) is 33.6 Å². The van der Waals surface area contributed by atoms with E-state index in [4.69, 9.17) is 4.98 Å². The number of imidazole rings is 1. The second-order valence-electron chi connectivity index (χ2n) is 10.9. The molecule has 1 aromatic heterocycles. The zero-order chi connectivity index (χ0) is 27.1. The molecule has 0 aliphatic carbocycles. The lowest BCUT2D eigenvalue weighted by Gasteiger charge is -2.20. The molecule has 0 aliphatic heterocycles. The summed E-state index contributed by atoms with van der Waals surface area (Å²) in [7, 11) is 0. The molecule has 0 unspecified atom stereocenters. The molecule has 38 heavy (non-hydrogen) atoms. The van der Waals surface area contributed by atoms with E-state index < -0.39 is 0 Å². The summed E-state index contributed by atoms with van der Waals surface area (Å²) in [6.45, 7) is 14.7. The summed E-state index contributed by atoms with van der Waals surface area (Å²) in [5.41, 5.74) is 7.57. The molecular weight excluding hydrogens is 469 g/mol. The van der Waals surface area contributed by atoms with Gasteiger partial charge >= 0.3 is 0 Å². The second kappa shape index (κ2) is 10.1. The van der Waals surface area contributed by atoms with Crippen LogP contribution in [0.25, 0.3) is 49.4 Å². The van der Waals surface area contributed by atoms with Gasteiger partial charge in [0.15, 0.2) is 0 Å². The molecule has 0 saturated carbocycles. The van der Waals surface area contributed by atoms with Crippen molar-refractivity contribution in [1.82, 2.24) is 15.3 Å². The number of fused-ring (bicyclic) bond motifs is 6. The van der Waals surface area contributed by atoms with Crippen LogP contribution in [0.1, 0.15) is 65.8 Å². The van der Waals surface area contributed by atoms with Crippen LogP contribution in [0.3, 0.4) is 0 Å². The topological polar surface area (TPSA) is 40.7 Å². The molecule has 0 aliphatic rings. The Morgan fingerprint density at radius 2 is 1.55 bits per heavy atom. The molecule has 0 atom stereocenters. The molecule has 5 rings (SSSR count). The van der Waals surface area contributed by atoms with Crippen molar-refractivity contribution in [2.24, 2.45) is 5.92 Å². The average Bonchev–Trinajstić information content (AvgIpc) is 3.35. The lowest BCUT2D eigenvalue weighted by atomic mass is 9.95. The summed E-state index contributed by atoms with van der Waals surface area (Å²) in [5.74, 6) is 1.38. The number of nitrogens with zero attached hydrogens (tertiary/aromatic N) is 1. The van der Waals surface area contributed by atoms with Gasteiger partial charge in [-0.2, -0.15) is 0 Å². The van der Waals surface area contributed by atoms with E-state index in [9.17, 15) is 0 Å². The molecule has 3 nitrogen and oxygen atoms in total. The van der Waals surface area contributed by atoms with Gasteiger partial charge in [0.1, 0.15) is 11.6 Å². The van der Waals surface area contributed by atoms with Gasteiger partial charge in [0.2, 0.25) is 0 Å². The normalized spacial score (nSPS) is 12.3. The third kappa shape index (κ3) is 4.49. The molecule has 4 aromatic carbocycles. The third-order valence-electron chi connectivity index (χ3n) is 7.30. The summed E-state index contributed by atoms with van der Waals surface area (Å²) in [6.07, 6.45) is 1.94. The van der Waals surface area contributed by atoms with Gasteiger partial charge in [-0.25, -0.2) is 9.37 Å². The van der Waals surface area contributed by atoms with Crippen molar-refractivity contribution in [3.8, 4) is 11.1 Å². The van der Waals surface area contributed by atoms with E-state index in [1.54, 1.807) is 6.07 Å². The van der Waals surface area contributed by atoms with Gasteiger partial charge in [-0.15, -0.1) is 0 Å². The van der Waals surface area contributed by atoms with Crippen LogP contribution in [0.5, 0.6) is 0 Å². The Kier molecular flexibility index (Phi) is 6.83. The minimum atomic E-state index is -0.240. The lowest BCUT2D eigenvalue weighted by molar-refractivity contribution is 0.621. The fourth-order valence-corrected chi connectivity index (χ4v) is 5.34. The van der Waals surface area contributed by atoms with Gasteiger partial charge in [-0.1, -0.05) is 81.8 Å². The molecule has 0 bridgehead atoms. The number of nitrogens with one attached hydrogen (secondary N) is 2. The number of allylic oxidation sites excluding steroid dienone is 3. The Balaban J connectivity index is 1.62. The van der Waals surface area contributed by atoms with Gasteiger partial charge in [-0.05, 0) is 66.8 Å². The van der Waals surface area contributed by atoms with Gasteiger partial charge in [0.05, 0.1) is 11.0 Å². The van der Waals surface area contributed by atoms with Crippen LogP contribution >= 0.6 is 0 Å². The Morgan fingerprint density at radius 3 is 2.18 bits per heavy atom. The van der Waals surface area contributed by atoms with Crippen molar-refractivity contribution >= 4 is 38.3 Å². The van der Waals surface area contributed by atoms with Gasteiger partial charge < -0.3 is 10.3 Å². The Bertz CT molecular complexity index is 1730. The lowest BCUT2D eigenvalue weighted by Crippen LogP contribution is -2.18. The summed E-state index contributed by atoms with van der Waals surface area (Å²) >= 11 is 0. The summed E-state index contributed by atoms with van der Waals surface area (Å²) in [5, 5.41) is 8.02. The van der Waals surface area contributed by atoms with Crippen molar-refractivity contribution in [1.29, 1.82) is 0 Å². The maximum atomic E-state index is 15.6. The summed E-state index contributed by atoms with van der Waals surface area (Å²) in [4.78, 5) is 8.51. The first-order valence-corrected chi connectivity index (χ1v) is 13.4. The van der Waals surface area contributed by atoms with Crippen LogP contribution in [0.15, 0.2) is 78.0 Å². The maximum Gasteiger partial charge on any atom is 0.133 e. The van der Waals surface area contributed by atoms with Gasteiger partial charge in [0.25, 0.3) is 0 Å². The zero-order valence-corrected chi connectivity index (χ0v) is 23.3. The number of aromatic amines is 1. The molecule has 0 fully saturated rings. The molecule has 5 aromatic rings. The molecule has 1 heterocycles. The van der Waals surface area contributed by atoms with E-state index in [2.05, 4.69) is 94.3 Å². The van der Waals surface area contributed by atoms with E-state index in [1.807, 2.05) is 25.1 Å². The fourth-order valence-electron chi connectivity index (χ4n) is 5.34. The number of hydrogen-bond acceptors (Lipinski definition) is 2. The number of rotatable bonds is 6. The van der Waals surface area contributed by atoms with Crippen molar-refractivity contribution in [3.63, 3.8) is 0 Å². The first-order valence-electron chi connectivity index (χ1n) is 13.4. The van der Waals surface area contributed by atoms with Crippen LogP contribution in [0.2, 0.25) is 0 Å². The Labute approximate surface area is 224 Å². The average molecular weight is 506 g/mol.